The number of halogens is 1. The van der Waals surface area contributed by atoms with Crippen molar-refractivity contribution in [3.63, 3.8) is 0 Å². The predicted octanol–water partition coefficient (Wildman–Crippen LogP) is 1.56. The van der Waals surface area contributed by atoms with Gasteiger partial charge in [-0.15, -0.1) is 0 Å². The van der Waals surface area contributed by atoms with Crippen LogP contribution in [0.2, 0.25) is 0 Å². The number of ether oxygens (including phenoxy) is 1. The van der Waals surface area contributed by atoms with Gasteiger partial charge in [0.25, 0.3) is 11.8 Å². The second-order valence-corrected chi connectivity index (χ2v) is 6.07. The molecule has 0 aromatic heterocycles. The average Bonchev–Trinajstić information content (AvgIpc) is 2.65. The Bertz CT molecular complexity index is 853. The molecule has 0 unspecified atom stereocenters. The van der Waals surface area contributed by atoms with Crippen LogP contribution < -0.4 is 21.9 Å². The Hall–Kier alpha value is -3.40. The van der Waals surface area contributed by atoms with Crippen molar-refractivity contribution < 1.29 is 23.9 Å². The number of amides is 4. The summed E-state index contributed by atoms with van der Waals surface area (Å²) in [4.78, 5) is 46.1. The summed E-state index contributed by atoms with van der Waals surface area (Å²) in [5.41, 5.74) is 10.3. The molecule has 0 radical (unpaired) electrons. The second kappa shape index (κ2) is 9.34. The largest absolute Gasteiger partial charge is 0.452 e. The Morgan fingerprint density at radius 3 is 2.07 bits per heavy atom. The van der Waals surface area contributed by atoms with Gasteiger partial charge in [0.1, 0.15) is 0 Å². The van der Waals surface area contributed by atoms with Crippen LogP contribution in [-0.2, 0) is 9.53 Å². The van der Waals surface area contributed by atoms with Crippen LogP contribution >= 0.6 is 15.9 Å². The highest BCUT2D eigenvalue weighted by Crippen LogP contribution is 2.11. The molecule has 0 saturated heterocycles. The molecule has 0 fully saturated rings. The first-order valence-corrected chi connectivity index (χ1v) is 8.33. The van der Waals surface area contributed by atoms with Crippen molar-refractivity contribution in [2.75, 3.05) is 11.9 Å². The fourth-order valence-corrected chi connectivity index (χ4v) is 2.15. The molecular formula is C17H15BrN4O5. The standard InChI is InChI=1S/C17H15BrN4O5/c18-12-5-1-10(2-6-12)15(24)22-21-14(23)9-27-16(25)11-3-7-13(8-4-11)20-17(19)26/h1-8H,9H2,(H,21,23)(H,22,24)(H3,19,20,26). The molecule has 2 aromatic rings. The molecule has 0 aliphatic rings. The van der Waals surface area contributed by atoms with Gasteiger partial charge < -0.3 is 15.8 Å². The van der Waals surface area contributed by atoms with Gasteiger partial charge in [0, 0.05) is 15.7 Å². The summed E-state index contributed by atoms with van der Waals surface area (Å²) in [6.07, 6.45) is 0. The minimum atomic E-state index is -0.741. The Morgan fingerprint density at radius 2 is 1.48 bits per heavy atom. The lowest BCUT2D eigenvalue weighted by atomic mass is 10.2. The van der Waals surface area contributed by atoms with E-state index < -0.39 is 30.4 Å². The van der Waals surface area contributed by atoms with Gasteiger partial charge in [-0.25, -0.2) is 9.59 Å². The number of nitrogens with two attached hydrogens (primary N) is 1. The van der Waals surface area contributed by atoms with Gasteiger partial charge >= 0.3 is 12.0 Å². The summed E-state index contributed by atoms with van der Waals surface area (Å²) < 4.78 is 5.66. The lowest BCUT2D eigenvalue weighted by molar-refractivity contribution is -0.125. The third-order valence-corrected chi connectivity index (χ3v) is 3.67. The van der Waals surface area contributed by atoms with Crippen LogP contribution in [0.15, 0.2) is 53.0 Å². The molecule has 0 aliphatic carbocycles. The average molecular weight is 435 g/mol. The number of primary amides is 1. The summed E-state index contributed by atoms with van der Waals surface area (Å²) in [6.45, 7) is -0.583. The zero-order chi connectivity index (χ0) is 19.8. The first-order chi connectivity index (χ1) is 12.8. The molecule has 0 heterocycles. The molecule has 2 rings (SSSR count). The first kappa shape index (κ1) is 19.9. The quantitative estimate of drug-likeness (QED) is 0.417. The number of carbonyl (C=O) groups is 4. The molecule has 2 aromatic carbocycles. The number of rotatable bonds is 5. The lowest BCUT2D eigenvalue weighted by Crippen LogP contribution is -2.43. The van der Waals surface area contributed by atoms with Crippen LogP contribution in [0.5, 0.6) is 0 Å². The number of hydrazine groups is 1. The van der Waals surface area contributed by atoms with E-state index in [1.165, 1.54) is 24.3 Å². The highest BCUT2D eigenvalue weighted by molar-refractivity contribution is 9.10. The number of esters is 1. The van der Waals surface area contributed by atoms with E-state index in [0.717, 1.165) is 4.47 Å². The normalized spacial score (nSPS) is 9.81. The van der Waals surface area contributed by atoms with Crippen molar-refractivity contribution in [3.8, 4) is 0 Å². The summed E-state index contributed by atoms with van der Waals surface area (Å²) in [7, 11) is 0. The summed E-state index contributed by atoms with van der Waals surface area (Å²) in [5.74, 6) is -1.96. The van der Waals surface area contributed by atoms with E-state index in [-0.39, 0.29) is 5.56 Å². The van der Waals surface area contributed by atoms with Gasteiger partial charge in [-0.1, -0.05) is 15.9 Å². The molecule has 9 nitrogen and oxygen atoms in total. The Kier molecular flexibility index (Phi) is 6.89. The predicted molar refractivity (Wildman–Crippen MR) is 99.7 cm³/mol. The van der Waals surface area contributed by atoms with Gasteiger partial charge in [-0.3, -0.25) is 20.4 Å². The van der Waals surface area contributed by atoms with Crippen molar-refractivity contribution in [1.82, 2.24) is 10.9 Å². The Morgan fingerprint density at radius 1 is 0.889 bits per heavy atom. The van der Waals surface area contributed by atoms with E-state index in [2.05, 4.69) is 32.1 Å². The van der Waals surface area contributed by atoms with Gasteiger partial charge in [-0.2, -0.15) is 0 Å². The fraction of sp³-hybridized carbons (Fsp3) is 0.0588. The summed E-state index contributed by atoms with van der Waals surface area (Å²) in [5, 5.41) is 2.34. The zero-order valence-electron chi connectivity index (χ0n) is 13.8. The van der Waals surface area contributed by atoms with Crippen molar-refractivity contribution >= 4 is 45.4 Å². The van der Waals surface area contributed by atoms with Crippen LogP contribution in [0.4, 0.5) is 10.5 Å². The summed E-state index contributed by atoms with van der Waals surface area (Å²) in [6, 6.07) is 11.5. The van der Waals surface area contributed by atoms with Crippen molar-refractivity contribution in [3.05, 3.63) is 64.1 Å². The molecule has 0 aliphatic heterocycles. The highest BCUT2D eigenvalue weighted by Gasteiger charge is 2.12. The number of urea groups is 1. The van der Waals surface area contributed by atoms with Crippen LogP contribution in [0.25, 0.3) is 0 Å². The number of hydrogen-bond donors (Lipinski definition) is 4. The van der Waals surface area contributed by atoms with E-state index in [9.17, 15) is 19.2 Å². The SMILES string of the molecule is NC(=O)Nc1ccc(C(=O)OCC(=O)NNC(=O)c2ccc(Br)cc2)cc1. The number of carbonyl (C=O) groups excluding carboxylic acids is 4. The van der Waals surface area contributed by atoms with E-state index in [1.54, 1.807) is 24.3 Å². The van der Waals surface area contributed by atoms with E-state index in [4.69, 9.17) is 10.5 Å². The van der Waals surface area contributed by atoms with Gasteiger partial charge in [0.05, 0.1) is 5.56 Å². The van der Waals surface area contributed by atoms with Crippen LogP contribution in [0.1, 0.15) is 20.7 Å². The number of hydrogen-bond acceptors (Lipinski definition) is 5. The molecule has 0 spiro atoms. The van der Waals surface area contributed by atoms with Crippen molar-refractivity contribution in [2.24, 2.45) is 5.73 Å². The molecule has 10 heteroatoms. The van der Waals surface area contributed by atoms with Crippen molar-refractivity contribution in [1.29, 1.82) is 0 Å². The summed E-state index contributed by atoms with van der Waals surface area (Å²) >= 11 is 3.25. The van der Waals surface area contributed by atoms with Crippen LogP contribution in [0.3, 0.4) is 0 Å². The Labute approximate surface area is 162 Å². The monoisotopic (exact) mass is 434 g/mol. The van der Waals surface area contributed by atoms with E-state index >= 15 is 0 Å². The maximum atomic E-state index is 11.9. The van der Waals surface area contributed by atoms with Gasteiger partial charge in [0.2, 0.25) is 0 Å². The maximum absolute atomic E-state index is 11.9. The van der Waals surface area contributed by atoms with Gasteiger partial charge in [0.15, 0.2) is 6.61 Å². The van der Waals surface area contributed by atoms with Crippen molar-refractivity contribution in [2.45, 2.75) is 0 Å². The maximum Gasteiger partial charge on any atom is 0.338 e. The molecular weight excluding hydrogens is 420 g/mol. The minimum Gasteiger partial charge on any atom is -0.452 e. The molecule has 4 amide bonds. The third kappa shape index (κ3) is 6.44. The number of benzene rings is 2. The minimum absolute atomic E-state index is 0.178. The molecule has 27 heavy (non-hydrogen) atoms. The molecule has 0 saturated carbocycles. The second-order valence-electron chi connectivity index (χ2n) is 5.15. The molecule has 0 bridgehead atoms. The van der Waals surface area contributed by atoms with Gasteiger partial charge in [-0.05, 0) is 48.5 Å². The zero-order valence-corrected chi connectivity index (χ0v) is 15.4. The highest BCUT2D eigenvalue weighted by atomic mass is 79.9. The molecule has 140 valence electrons. The third-order valence-electron chi connectivity index (χ3n) is 3.14. The van der Waals surface area contributed by atoms with E-state index in [0.29, 0.717) is 11.3 Å². The number of anilines is 1. The molecule has 5 N–H and O–H groups in total. The van der Waals surface area contributed by atoms with E-state index in [1.807, 2.05) is 0 Å². The lowest BCUT2D eigenvalue weighted by Gasteiger charge is -2.08. The smallest absolute Gasteiger partial charge is 0.338 e. The van der Waals surface area contributed by atoms with Crippen LogP contribution in [0, 0.1) is 0 Å². The van der Waals surface area contributed by atoms with Crippen LogP contribution in [-0.4, -0.2) is 30.4 Å². The molecule has 0 atom stereocenters. The fourth-order valence-electron chi connectivity index (χ4n) is 1.88. The Balaban J connectivity index is 1.77. The topological polar surface area (TPSA) is 140 Å². The first-order valence-electron chi connectivity index (χ1n) is 7.53. The number of nitrogens with one attached hydrogen (secondary N) is 3.